The Morgan fingerprint density at radius 3 is 2.72 bits per heavy atom. The zero-order valence-corrected chi connectivity index (χ0v) is 10.4. The predicted octanol–water partition coefficient (Wildman–Crippen LogP) is 2.18. The number of nitrogens with one attached hydrogen (secondary N) is 1. The van der Waals surface area contributed by atoms with E-state index >= 15 is 0 Å². The molecule has 0 saturated heterocycles. The first kappa shape index (κ1) is 14.2. The van der Waals surface area contributed by atoms with Crippen molar-refractivity contribution in [1.29, 1.82) is 0 Å². The summed E-state index contributed by atoms with van der Waals surface area (Å²) in [6.45, 7) is 0.672. The van der Waals surface area contributed by atoms with Crippen molar-refractivity contribution in [3.8, 4) is 5.75 Å². The lowest BCUT2D eigenvalue weighted by Gasteiger charge is -2.08. The van der Waals surface area contributed by atoms with E-state index in [1.165, 1.54) is 12.1 Å². The number of rotatable bonds is 8. The number of unbranched alkanes of at least 4 members (excludes halogenated alkanes) is 2. The van der Waals surface area contributed by atoms with Crippen molar-refractivity contribution < 1.29 is 14.8 Å². The number of hydrogen-bond donors (Lipinski definition) is 2. The number of anilines is 1. The average Bonchev–Trinajstić information content (AvgIpc) is 2.38. The van der Waals surface area contributed by atoms with Crippen LogP contribution in [0.2, 0.25) is 0 Å². The highest BCUT2D eigenvalue weighted by Crippen LogP contribution is 2.25. The van der Waals surface area contributed by atoms with E-state index in [-0.39, 0.29) is 12.3 Å². The molecule has 0 heterocycles. The number of ether oxygens (including phenoxy) is 1. The lowest BCUT2D eigenvalue weighted by Crippen LogP contribution is -2.00. The third-order valence-corrected chi connectivity index (χ3v) is 2.46. The van der Waals surface area contributed by atoms with Gasteiger partial charge in [0, 0.05) is 31.5 Å². The predicted molar refractivity (Wildman–Crippen MR) is 69.1 cm³/mol. The molecule has 6 heteroatoms. The summed E-state index contributed by atoms with van der Waals surface area (Å²) in [7, 11) is 1.70. The normalized spacial score (nSPS) is 10.1. The van der Waals surface area contributed by atoms with Gasteiger partial charge in [-0.15, -0.1) is 0 Å². The van der Waals surface area contributed by atoms with Gasteiger partial charge in [0.25, 0.3) is 5.69 Å². The van der Waals surface area contributed by atoms with Gasteiger partial charge in [0.1, 0.15) is 5.75 Å². The molecule has 0 spiro atoms. The van der Waals surface area contributed by atoms with Crippen molar-refractivity contribution in [2.45, 2.75) is 19.3 Å². The first-order valence-corrected chi connectivity index (χ1v) is 5.88. The lowest BCUT2D eigenvalue weighted by molar-refractivity contribution is -0.384. The molecule has 0 saturated carbocycles. The fraction of sp³-hybridized carbons (Fsp3) is 0.500. The summed E-state index contributed by atoms with van der Waals surface area (Å²) in [5.74, 6) is 0.484. The van der Waals surface area contributed by atoms with Crippen LogP contribution in [0, 0.1) is 10.1 Å². The maximum atomic E-state index is 10.7. The Bertz CT molecular complexity index is 396. The van der Waals surface area contributed by atoms with E-state index < -0.39 is 4.92 Å². The van der Waals surface area contributed by atoms with Crippen molar-refractivity contribution in [1.82, 2.24) is 0 Å². The fourth-order valence-corrected chi connectivity index (χ4v) is 1.50. The number of nitro benzene ring substituents is 1. The molecule has 0 aliphatic rings. The second-order valence-corrected chi connectivity index (χ2v) is 3.86. The molecule has 2 N–H and O–H groups in total. The van der Waals surface area contributed by atoms with E-state index in [4.69, 9.17) is 9.84 Å². The van der Waals surface area contributed by atoms with Gasteiger partial charge in [0.2, 0.25) is 0 Å². The zero-order chi connectivity index (χ0) is 13.4. The third-order valence-electron chi connectivity index (χ3n) is 2.46. The minimum absolute atomic E-state index is 0.00667. The summed E-state index contributed by atoms with van der Waals surface area (Å²) < 4.78 is 5.46. The maximum Gasteiger partial charge on any atom is 0.275 e. The monoisotopic (exact) mass is 254 g/mol. The van der Waals surface area contributed by atoms with Gasteiger partial charge >= 0.3 is 0 Å². The van der Waals surface area contributed by atoms with Gasteiger partial charge in [0.15, 0.2) is 0 Å². The Kier molecular flexibility index (Phi) is 5.93. The number of aliphatic hydroxyl groups excluding tert-OH is 1. The van der Waals surface area contributed by atoms with Gasteiger partial charge in [-0.05, 0) is 19.3 Å². The molecule has 0 radical (unpaired) electrons. The van der Waals surface area contributed by atoms with Crippen LogP contribution < -0.4 is 10.1 Å². The minimum atomic E-state index is -0.445. The van der Waals surface area contributed by atoms with Crippen LogP contribution in [-0.2, 0) is 0 Å². The van der Waals surface area contributed by atoms with Gasteiger partial charge in [-0.25, -0.2) is 0 Å². The summed E-state index contributed by atoms with van der Waals surface area (Å²) in [6, 6.07) is 4.59. The van der Waals surface area contributed by atoms with Crippen LogP contribution in [0.3, 0.4) is 0 Å². The topological polar surface area (TPSA) is 84.6 Å². The van der Waals surface area contributed by atoms with E-state index in [2.05, 4.69) is 5.32 Å². The number of benzene rings is 1. The van der Waals surface area contributed by atoms with E-state index in [0.29, 0.717) is 18.0 Å². The van der Waals surface area contributed by atoms with Crippen LogP contribution in [0.1, 0.15) is 19.3 Å². The molecular weight excluding hydrogens is 236 g/mol. The maximum absolute atomic E-state index is 10.7. The Morgan fingerprint density at radius 2 is 2.11 bits per heavy atom. The molecular formula is C12H18N2O4. The summed E-state index contributed by atoms with van der Waals surface area (Å²) in [5.41, 5.74) is 0.654. The van der Waals surface area contributed by atoms with E-state index in [0.717, 1.165) is 19.3 Å². The molecule has 1 rings (SSSR count). The number of hydrogen-bond acceptors (Lipinski definition) is 5. The summed E-state index contributed by atoms with van der Waals surface area (Å²) in [4.78, 5) is 10.3. The molecule has 100 valence electrons. The Hall–Kier alpha value is -1.82. The van der Waals surface area contributed by atoms with Crippen molar-refractivity contribution in [2.75, 3.05) is 25.6 Å². The van der Waals surface area contributed by atoms with Gasteiger partial charge in [-0.3, -0.25) is 10.1 Å². The molecule has 0 bridgehead atoms. The molecule has 1 aromatic carbocycles. The van der Waals surface area contributed by atoms with Crippen molar-refractivity contribution in [3.05, 3.63) is 28.3 Å². The van der Waals surface area contributed by atoms with Gasteiger partial charge in [0.05, 0.1) is 17.6 Å². The first-order valence-electron chi connectivity index (χ1n) is 5.88. The molecule has 0 atom stereocenters. The van der Waals surface area contributed by atoms with Crippen LogP contribution in [-0.4, -0.2) is 30.3 Å². The van der Waals surface area contributed by atoms with Crippen LogP contribution in [0.25, 0.3) is 0 Å². The smallest absolute Gasteiger partial charge is 0.275 e. The highest BCUT2D eigenvalue weighted by atomic mass is 16.6. The van der Waals surface area contributed by atoms with E-state index in [1.54, 1.807) is 13.1 Å². The average molecular weight is 254 g/mol. The van der Waals surface area contributed by atoms with E-state index in [9.17, 15) is 10.1 Å². The molecule has 0 fully saturated rings. The summed E-state index contributed by atoms with van der Waals surface area (Å²) in [5, 5.41) is 22.2. The molecule has 0 amide bonds. The Morgan fingerprint density at radius 1 is 1.33 bits per heavy atom. The van der Waals surface area contributed by atoms with Crippen molar-refractivity contribution in [3.63, 3.8) is 0 Å². The summed E-state index contributed by atoms with van der Waals surface area (Å²) in [6.07, 6.45) is 2.45. The molecule has 0 aliphatic heterocycles. The second-order valence-electron chi connectivity index (χ2n) is 3.86. The number of non-ortho nitro benzene ring substituents is 1. The van der Waals surface area contributed by atoms with Crippen LogP contribution in [0.5, 0.6) is 5.75 Å². The van der Waals surface area contributed by atoms with Crippen molar-refractivity contribution >= 4 is 11.4 Å². The van der Waals surface area contributed by atoms with Crippen molar-refractivity contribution in [2.24, 2.45) is 0 Å². The molecule has 1 aromatic rings. The zero-order valence-electron chi connectivity index (χ0n) is 10.4. The third kappa shape index (κ3) is 4.58. The second kappa shape index (κ2) is 7.50. The van der Waals surface area contributed by atoms with Gasteiger partial charge in [-0.2, -0.15) is 0 Å². The first-order chi connectivity index (χ1) is 8.67. The quantitative estimate of drug-likeness (QED) is 0.422. The fourth-order valence-electron chi connectivity index (χ4n) is 1.50. The number of nitrogens with zero attached hydrogens (tertiary/aromatic N) is 1. The van der Waals surface area contributed by atoms with Crippen LogP contribution in [0.4, 0.5) is 11.4 Å². The largest absolute Gasteiger partial charge is 0.493 e. The van der Waals surface area contributed by atoms with E-state index in [1.807, 2.05) is 0 Å². The number of aliphatic hydroxyl groups is 1. The van der Waals surface area contributed by atoms with Gasteiger partial charge in [-0.1, -0.05) is 0 Å². The summed E-state index contributed by atoms with van der Waals surface area (Å²) >= 11 is 0. The number of nitro groups is 1. The molecule has 0 aliphatic carbocycles. The van der Waals surface area contributed by atoms with Gasteiger partial charge < -0.3 is 15.2 Å². The lowest BCUT2D eigenvalue weighted by atomic mass is 10.2. The standard InChI is InChI=1S/C12H18N2O4/c1-13-10-7-11(14(16)17)9-12(8-10)18-6-4-2-3-5-15/h7-9,13,15H,2-6H2,1H3. The molecule has 18 heavy (non-hydrogen) atoms. The SMILES string of the molecule is CNc1cc(OCCCCCO)cc([N+](=O)[O-])c1. The Labute approximate surface area is 106 Å². The molecule has 0 aromatic heterocycles. The highest BCUT2D eigenvalue weighted by molar-refractivity contribution is 5.55. The minimum Gasteiger partial charge on any atom is -0.493 e. The molecule has 6 nitrogen and oxygen atoms in total. The Balaban J connectivity index is 2.58. The van der Waals surface area contributed by atoms with Crippen LogP contribution >= 0.6 is 0 Å². The highest BCUT2D eigenvalue weighted by Gasteiger charge is 2.09. The van der Waals surface area contributed by atoms with Crippen LogP contribution in [0.15, 0.2) is 18.2 Å². The molecule has 0 unspecified atom stereocenters.